The van der Waals surface area contributed by atoms with Crippen molar-refractivity contribution >= 4 is 17.6 Å². The maximum atomic E-state index is 12.0. The summed E-state index contributed by atoms with van der Waals surface area (Å²) in [6.45, 7) is 1.00. The molecular formula is C4H6ClFO2. The normalized spacial score (nSPS) is 17.4. The van der Waals surface area contributed by atoms with Crippen LogP contribution in [0.5, 0.6) is 0 Å². The highest BCUT2D eigenvalue weighted by Gasteiger charge is 2.22. The van der Waals surface area contributed by atoms with E-state index in [0.29, 0.717) is 0 Å². The van der Waals surface area contributed by atoms with Gasteiger partial charge in [0.1, 0.15) is 0 Å². The van der Waals surface area contributed by atoms with Crippen molar-refractivity contribution in [1.82, 2.24) is 0 Å². The predicted molar refractivity (Wildman–Crippen MR) is 27.6 cm³/mol. The molecule has 0 aliphatic heterocycles. The third-order valence-corrected chi connectivity index (χ3v) is 0.595. The van der Waals surface area contributed by atoms with Crippen LogP contribution in [0.3, 0.4) is 0 Å². The summed E-state index contributed by atoms with van der Waals surface area (Å²) in [5, 5.41) is 5.82. The summed E-state index contributed by atoms with van der Waals surface area (Å²) in [6, 6.07) is 0. The van der Waals surface area contributed by atoms with E-state index >= 15 is 0 Å². The second-order valence-corrected chi connectivity index (χ2v) is 2.43. The van der Waals surface area contributed by atoms with Crippen molar-refractivity contribution in [2.45, 2.75) is 18.5 Å². The molecular weight excluding hydrogens is 134 g/mol. The summed E-state index contributed by atoms with van der Waals surface area (Å²) in [4.78, 5) is 9.69. The Hall–Kier alpha value is -0.310. The summed E-state index contributed by atoms with van der Waals surface area (Å²) in [6.07, 6.45) is -0.658. The van der Waals surface area contributed by atoms with Gasteiger partial charge in [-0.25, -0.2) is 4.39 Å². The molecule has 4 heteroatoms. The zero-order valence-electron chi connectivity index (χ0n) is 4.32. The average molecular weight is 141 g/mol. The van der Waals surface area contributed by atoms with E-state index < -0.39 is 17.5 Å². The third kappa shape index (κ3) is 5.69. The topological polar surface area (TPSA) is 37.3 Å². The van der Waals surface area contributed by atoms with Crippen LogP contribution in [0.15, 0.2) is 0 Å². The quantitative estimate of drug-likeness (QED) is 0.589. The Morgan fingerprint density at radius 2 is 2.38 bits per heavy atom. The van der Waals surface area contributed by atoms with Gasteiger partial charge in [-0.2, -0.15) is 0 Å². The van der Waals surface area contributed by atoms with Crippen LogP contribution in [0.4, 0.5) is 4.39 Å². The number of hydrogen-bond donors (Lipinski definition) is 1. The largest absolute Gasteiger partial charge is 0.481 e. The molecule has 0 aromatic rings. The van der Waals surface area contributed by atoms with Gasteiger partial charge in [0.25, 0.3) is 0 Å². The van der Waals surface area contributed by atoms with E-state index in [1.165, 1.54) is 0 Å². The lowest BCUT2D eigenvalue weighted by molar-refractivity contribution is -0.138. The molecule has 0 spiro atoms. The summed E-state index contributed by atoms with van der Waals surface area (Å²) in [5.41, 5.74) is 0. The van der Waals surface area contributed by atoms with Crippen LogP contribution in [-0.2, 0) is 4.79 Å². The smallest absolute Gasteiger partial charge is 0.307 e. The first-order valence-electron chi connectivity index (χ1n) is 2.01. The van der Waals surface area contributed by atoms with Crippen LogP contribution < -0.4 is 0 Å². The molecule has 48 valence electrons. The molecule has 0 amide bonds. The van der Waals surface area contributed by atoms with Gasteiger partial charge in [-0.3, -0.25) is 4.79 Å². The van der Waals surface area contributed by atoms with Gasteiger partial charge in [-0.1, -0.05) is 11.6 Å². The zero-order valence-corrected chi connectivity index (χ0v) is 5.07. The Morgan fingerprint density at radius 1 is 2.00 bits per heavy atom. The van der Waals surface area contributed by atoms with Crippen molar-refractivity contribution in [1.29, 1.82) is 0 Å². The molecule has 8 heavy (non-hydrogen) atoms. The van der Waals surface area contributed by atoms with Gasteiger partial charge in [0, 0.05) is 0 Å². The number of carboxylic acids is 1. The second-order valence-electron chi connectivity index (χ2n) is 1.64. The Balaban J connectivity index is 3.55. The van der Waals surface area contributed by atoms with E-state index in [0.717, 1.165) is 6.92 Å². The molecule has 0 aliphatic carbocycles. The van der Waals surface area contributed by atoms with Crippen molar-refractivity contribution in [2.75, 3.05) is 0 Å². The minimum absolute atomic E-state index is 0.658. The van der Waals surface area contributed by atoms with E-state index in [1.54, 1.807) is 0 Å². The highest BCUT2D eigenvalue weighted by atomic mass is 35.5. The van der Waals surface area contributed by atoms with Crippen LogP contribution in [0, 0.1) is 0 Å². The number of halogens is 2. The lowest BCUT2D eigenvalue weighted by atomic mass is 10.3. The maximum absolute atomic E-state index is 12.0. The van der Waals surface area contributed by atoms with Crippen molar-refractivity contribution in [3.05, 3.63) is 0 Å². The fourth-order valence-corrected chi connectivity index (χ4v) is 0.380. The van der Waals surface area contributed by atoms with Gasteiger partial charge in [-0.05, 0) is 6.92 Å². The van der Waals surface area contributed by atoms with Crippen molar-refractivity contribution in [3.63, 3.8) is 0 Å². The zero-order chi connectivity index (χ0) is 6.78. The molecule has 1 unspecified atom stereocenters. The minimum atomic E-state index is -2.11. The summed E-state index contributed by atoms with van der Waals surface area (Å²) in [7, 11) is 0. The van der Waals surface area contributed by atoms with Crippen LogP contribution in [0.2, 0.25) is 0 Å². The highest BCUT2D eigenvalue weighted by Crippen LogP contribution is 2.19. The van der Waals surface area contributed by atoms with E-state index in [9.17, 15) is 9.18 Å². The van der Waals surface area contributed by atoms with Crippen molar-refractivity contribution < 1.29 is 14.3 Å². The van der Waals surface area contributed by atoms with Crippen LogP contribution in [0.1, 0.15) is 13.3 Å². The lowest BCUT2D eigenvalue weighted by Crippen LogP contribution is -2.13. The van der Waals surface area contributed by atoms with Gasteiger partial charge in [-0.15, -0.1) is 0 Å². The number of carbonyl (C=O) groups is 1. The van der Waals surface area contributed by atoms with E-state index in [2.05, 4.69) is 0 Å². The molecule has 0 rings (SSSR count). The molecule has 0 radical (unpaired) electrons. The van der Waals surface area contributed by atoms with Gasteiger partial charge >= 0.3 is 5.97 Å². The molecule has 0 bridgehead atoms. The van der Waals surface area contributed by atoms with Crippen LogP contribution in [0.25, 0.3) is 0 Å². The molecule has 0 aromatic heterocycles. The highest BCUT2D eigenvalue weighted by molar-refractivity contribution is 6.23. The van der Waals surface area contributed by atoms with Gasteiger partial charge < -0.3 is 5.11 Å². The van der Waals surface area contributed by atoms with Crippen LogP contribution in [-0.4, -0.2) is 16.2 Å². The minimum Gasteiger partial charge on any atom is -0.481 e. The first-order chi connectivity index (χ1) is 3.42. The molecule has 1 atom stereocenters. The average Bonchev–Trinajstić information content (AvgIpc) is 1.21. The number of carboxylic acid groups (broad SMARTS) is 1. The van der Waals surface area contributed by atoms with Gasteiger partial charge in [0.15, 0.2) is 5.13 Å². The Labute approximate surface area is 51.3 Å². The second kappa shape index (κ2) is 2.31. The van der Waals surface area contributed by atoms with Crippen molar-refractivity contribution in [2.24, 2.45) is 0 Å². The summed E-state index contributed by atoms with van der Waals surface area (Å²) in [5.74, 6) is -1.23. The molecule has 0 aromatic carbocycles. The molecule has 0 saturated heterocycles. The Bertz CT molecular complexity index is 96.7. The third-order valence-electron chi connectivity index (χ3n) is 0.462. The number of aliphatic carboxylic acids is 1. The van der Waals surface area contributed by atoms with Crippen LogP contribution >= 0.6 is 11.6 Å². The molecule has 0 fully saturated rings. The molecule has 0 aliphatic rings. The fraction of sp³-hybridized carbons (Fsp3) is 0.750. The first-order valence-corrected chi connectivity index (χ1v) is 2.39. The number of alkyl halides is 2. The Morgan fingerprint density at radius 3 is 2.38 bits per heavy atom. The number of hydrogen-bond acceptors (Lipinski definition) is 1. The molecule has 1 N–H and O–H groups in total. The monoisotopic (exact) mass is 140 g/mol. The van der Waals surface area contributed by atoms with E-state index in [4.69, 9.17) is 16.7 Å². The molecule has 0 heterocycles. The van der Waals surface area contributed by atoms with E-state index in [1.807, 2.05) is 0 Å². The molecule has 2 nitrogen and oxygen atoms in total. The van der Waals surface area contributed by atoms with Crippen molar-refractivity contribution in [3.8, 4) is 0 Å². The summed E-state index contributed by atoms with van der Waals surface area (Å²) < 4.78 is 12.0. The maximum Gasteiger partial charge on any atom is 0.307 e. The molecule has 0 saturated carbocycles. The fourth-order valence-electron chi connectivity index (χ4n) is 0.266. The predicted octanol–water partition coefficient (Wildman–Crippen LogP) is 1.39. The van der Waals surface area contributed by atoms with Gasteiger partial charge in [0.05, 0.1) is 6.42 Å². The standard InChI is InChI=1S/C4H6ClFO2/c1-4(5,6)2-3(7)8/h2H2,1H3,(H,7,8). The lowest BCUT2D eigenvalue weighted by Gasteiger charge is -2.05. The number of rotatable bonds is 2. The Kier molecular flexibility index (Phi) is 2.22. The summed E-state index contributed by atoms with van der Waals surface area (Å²) >= 11 is 4.88. The SMILES string of the molecule is CC(F)(Cl)CC(=O)O. The van der Waals surface area contributed by atoms with E-state index in [-0.39, 0.29) is 0 Å². The first kappa shape index (κ1) is 7.69. The van der Waals surface area contributed by atoms with Gasteiger partial charge in [0.2, 0.25) is 0 Å².